The summed E-state index contributed by atoms with van der Waals surface area (Å²) in [6.45, 7) is 6.58. The van der Waals surface area contributed by atoms with Gasteiger partial charge in [-0.15, -0.1) is 0 Å². The molecule has 0 aliphatic rings. The van der Waals surface area contributed by atoms with Gasteiger partial charge in [-0.2, -0.15) is 13.2 Å². The standard InChI is InChI=1S/C14H19F3N2O2/c1-4-18-12(9(2)3)8-10-5-6-13(19(20)21)11(7-10)14(15,16)17/h5-7,9,12,18H,4,8H2,1-3H3. The highest BCUT2D eigenvalue weighted by Gasteiger charge is 2.38. The Balaban J connectivity index is 3.13. The number of alkyl halides is 3. The van der Waals surface area contributed by atoms with Crippen molar-refractivity contribution >= 4 is 5.69 Å². The summed E-state index contributed by atoms with van der Waals surface area (Å²) in [6.07, 6.45) is -4.34. The Labute approximate surface area is 121 Å². The Morgan fingerprint density at radius 1 is 1.33 bits per heavy atom. The molecule has 4 nitrogen and oxygen atoms in total. The van der Waals surface area contributed by atoms with E-state index in [0.717, 1.165) is 12.1 Å². The second-order valence-corrected chi connectivity index (χ2v) is 5.22. The molecule has 0 amide bonds. The SMILES string of the molecule is CCNC(Cc1ccc([N+](=O)[O-])c(C(F)(F)F)c1)C(C)C. The second kappa shape index (κ2) is 6.89. The molecule has 1 atom stereocenters. The molecule has 1 aromatic carbocycles. The van der Waals surface area contributed by atoms with Gasteiger partial charge in [-0.3, -0.25) is 10.1 Å². The molecule has 0 heterocycles. The van der Waals surface area contributed by atoms with E-state index in [1.807, 2.05) is 20.8 Å². The monoisotopic (exact) mass is 304 g/mol. The van der Waals surface area contributed by atoms with Crippen molar-refractivity contribution in [2.24, 2.45) is 5.92 Å². The van der Waals surface area contributed by atoms with Crippen LogP contribution in [0, 0.1) is 16.0 Å². The van der Waals surface area contributed by atoms with Crippen LogP contribution in [0.25, 0.3) is 0 Å². The summed E-state index contributed by atoms with van der Waals surface area (Å²) in [5.41, 5.74) is -1.66. The average Bonchev–Trinajstić information content (AvgIpc) is 2.36. The van der Waals surface area contributed by atoms with E-state index in [2.05, 4.69) is 5.32 Å². The molecule has 0 aliphatic carbocycles. The zero-order valence-electron chi connectivity index (χ0n) is 12.2. The van der Waals surface area contributed by atoms with Gasteiger partial charge in [0.05, 0.1) is 4.92 Å². The van der Waals surface area contributed by atoms with E-state index in [1.165, 1.54) is 6.07 Å². The quantitative estimate of drug-likeness (QED) is 0.642. The minimum atomic E-state index is -4.73. The van der Waals surface area contributed by atoms with Crippen LogP contribution in [-0.2, 0) is 12.6 Å². The van der Waals surface area contributed by atoms with Gasteiger partial charge < -0.3 is 5.32 Å². The van der Waals surface area contributed by atoms with Gasteiger partial charge in [0.1, 0.15) is 5.56 Å². The third-order valence-corrected chi connectivity index (χ3v) is 3.29. The van der Waals surface area contributed by atoms with Crippen molar-refractivity contribution in [1.82, 2.24) is 5.32 Å². The van der Waals surface area contributed by atoms with Crippen molar-refractivity contribution < 1.29 is 18.1 Å². The lowest BCUT2D eigenvalue weighted by molar-refractivity contribution is -0.388. The number of hydrogen-bond donors (Lipinski definition) is 1. The summed E-state index contributed by atoms with van der Waals surface area (Å²) in [7, 11) is 0. The molecule has 0 saturated carbocycles. The van der Waals surface area contributed by atoms with Gasteiger partial charge >= 0.3 is 6.18 Å². The summed E-state index contributed by atoms with van der Waals surface area (Å²) in [6, 6.07) is 3.23. The van der Waals surface area contributed by atoms with Crippen LogP contribution in [0.4, 0.5) is 18.9 Å². The predicted molar refractivity (Wildman–Crippen MR) is 74.1 cm³/mol. The molecular weight excluding hydrogens is 285 g/mol. The van der Waals surface area contributed by atoms with Crippen LogP contribution in [-0.4, -0.2) is 17.5 Å². The normalized spacial score (nSPS) is 13.5. The Kier molecular flexibility index (Phi) is 5.71. The fourth-order valence-corrected chi connectivity index (χ4v) is 2.16. The molecule has 7 heteroatoms. The first-order chi connectivity index (χ1) is 9.66. The first-order valence-electron chi connectivity index (χ1n) is 6.74. The number of nitro groups is 1. The van der Waals surface area contributed by atoms with Crippen molar-refractivity contribution in [3.05, 3.63) is 39.4 Å². The van der Waals surface area contributed by atoms with Gasteiger partial charge in [0.2, 0.25) is 0 Å². The number of nitro benzene ring substituents is 1. The minimum Gasteiger partial charge on any atom is -0.314 e. The third kappa shape index (κ3) is 4.70. The summed E-state index contributed by atoms with van der Waals surface area (Å²) >= 11 is 0. The van der Waals surface area contributed by atoms with Gasteiger partial charge in [0.15, 0.2) is 0 Å². The number of likely N-dealkylation sites (N-methyl/N-ethyl adjacent to an activating group) is 1. The van der Waals surface area contributed by atoms with Crippen LogP contribution < -0.4 is 5.32 Å². The molecule has 0 aromatic heterocycles. The highest BCUT2D eigenvalue weighted by Crippen LogP contribution is 2.36. The van der Waals surface area contributed by atoms with E-state index < -0.39 is 22.4 Å². The van der Waals surface area contributed by atoms with Gasteiger partial charge in [0.25, 0.3) is 5.69 Å². The van der Waals surface area contributed by atoms with Crippen LogP contribution in [0.15, 0.2) is 18.2 Å². The van der Waals surface area contributed by atoms with E-state index in [0.29, 0.717) is 18.5 Å². The largest absolute Gasteiger partial charge is 0.423 e. The third-order valence-electron chi connectivity index (χ3n) is 3.29. The lowest BCUT2D eigenvalue weighted by Crippen LogP contribution is -2.35. The van der Waals surface area contributed by atoms with Crippen molar-refractivity contribution in [3.8, 4) is 0 Å². The maximum absolute atomic E-state index is 12.9. The highest BCUT2D eigenvalue weighted by molar-refractivity contribution is 5.45. The molecule has 0 fully saturated rings. The first-order valence-corrected chi connectivity index (χ1v) is 6.74. The maximum atomic E-state index is 12.9. The molecule has 21 heavy (non-hydrogen) atoms. The number of nitrogens with one attached hydrogen (secondary N) is 1. The van der Waals surface area contributed by atoms with Gasteiger partial charge in [-0.05, 0) is 30.5 Å². The molecule has 118 valence electrons. The first kappa shape index (κ1) is 17.4. The lowest BCUT2D eigenvalue weighted by Gasteiger charge is -2.22. The summed E-state index contributed by atoms with van der Waals surface area (Å²) in [5, 5.41) is 13.9. The summed E-state index contributed by atoms with van der Waals surface area (Å²) in [5.74, 6) is 0.245. The highest BCUT2D eigenvalue weighted by atomic mass is 19.4. The molecule has 1 aromatic rings. The number of benzene rings is 1. The molecule has 0 bridgehead atoms. The van der Waals surface area contributed by atoms with Crippen molar-refractivity contribution in [3.63, 3.8) is 0 Å². The van der Waals surface area contributed by atoms with Crippen LogP contribution in [0.3, 0.4) is 0 Å². The fraction of sp³-hybridized carbons (Fsp3) is 0.571. The lowest BCUT2D eigenvalue weighted by atomic mass is 9.95. The number of rotatable bonds is 6. The molecule has 0 radical (unpaired) electrons. The Morgan fingerprint density at radius 3 is 2.38 bits per heavy atom. The van der Waals surface area contributed by atoms with Crippen LogP contribution >= 0.6 is 0 Å². The molecular formula is C14H19F3N2O2. The van der Waals surface area contributed by atoms with E-state index >= 15 is 0 Å². The van der Waals surface area contributed by atoms with E-state index in [4.69, 9.17) is 0 Å². The predicted octanol–water partition coefficient (Wildman–Crippen LogP) is 3.79. The zero-order valence-corrected chi connectivity index (χ0v) is 12.2. The van der Waals surface area contributed by atoms with Crippen molar-refractivity contribution in [2.45, 2.75) is 39.4 Å². The van der Waals surface area contributed by atoms with Crippen LogP contribution in [0.1, 0.15) is 31.9 Å². The summed E-state index contributed by atoms with van der Waals surface area (Å²) < 4.78 is 38.7. The van der Waals surface area contributed by atoms with E-state index in [1.54, 1.807) is 0 Å². The minimum absolute atomic E-state index is 0.0255. The van der Waals surface area contributed by atoms with E-state index in [9.17, 15) is 23.3 Å². The number of halogens is 3. The maximum Gasteiger partial charge on any atom is 0.423 e. The molecule has 1 unspecified atom stereocenters. The number of nitrogens with zero attached hydrogens (tertiary/aromatic N) is 1. The summed E-state index contributed by atoms with van der Waals surface area (Å²) in [4.78, 5) is 9.70. The van der Waals surface area contributed by atoms with Crippen molar-refractivity contribution in [2.75, 3.05) is 6.54 Å². The molecule has 0 saturated heterocycles. The fourth-order valence-electron chi connectivity index (χ4n) is 2.16. The van der Waals surface area contributed by atoms with Crippen molar-refractivity contribution in [1.29, 1.82) is 0 Å². The topological polar surface area (TPSA) is 55.2 Å². The average molecular weight is 304 g/mol. The molecule has 1 N–H and O–H groups in total. The second-order valence-electron chi connectivity index (χ2n) is 5.22. The smallest absolute Gasteiger partial charge is 0.314 e. The molecule has 1 rings (SSSR count). The number of hydrogen-bond acceptors (Lipinski definition) is 3. The molecule has 0 spiro atoms. The van der Waals surface area contributed by atoms with Crippen LogP contribution in [0.5, 0.6) is 0 Å². The van der Waals surface area contributed by atoms with E-state index in [-0.39, 0.29) is 12.0 Å². The van der Waals surface area contributed by atoms with Gasteiger partial charge in [-0.1, -0.05) is 26.8 Å². The Morgan fingerprint density at radius 2 is 1.95 bits per heavy atom. The zero-order chi connectivity index (χ0) is 16.2. The van der Waals surface area contributed by atoms with Gasteiger partial charge in [-0.25, -0.2) is 0 Å². The van der Waals surface area contributed by atoms with Gasteiger partial charge in [0, 0.05) is 12.1 Å². The molecule has 0 aliphatic heterocycles. The Bertz CT molecular complexity index is 501. The Hall–Kier alpha value is -1.63. The van der Waals surface area contributed by atoms with Crippen LogP contribution in [0.2, 0.25) is 0 Å².